The van der Waals surface area contributed by atoms with Crippen molar-refractivity contribution >= 4 is 17.1 Å². The Hall–Kier alpha value is -4.21. The number of para-hydroxylation sites is 3. The van der Waals surface area contributed by atoms with E-state index in [0.717, 1.165) is 22.3 Å². The SMILES string of the molecule is COc1ccc(C[C@@H](NC(=O)NCc2ccccc2OCC(F)(F)F)c2nc3ccccc3[nH]2)cc1. The Kier molecular flexibility index (Phi) is 7.62. The number of hydrogen-bond donors (Lipinski definition) is 3. The van der Waals surface area contributed by atoms with E-state index in [9.17, 15) is 18.0 Å². The van der Waals surface area contributed by atoms with E-state index in [1.165, 1.54) is 6.07 Å². The van der Waals surface area contributed by atoms with E-state index in [1.54, 1.807) is 25.3 Å². The number of ether oxygens (including phenoxy) is 2. The molecule has 7 nitrogen and oxygen atoms in total. The maximum Gasteiger partial charge on any atom is 0.422 e. The molecule has 3 N–H and O–H groups in total. The van der Waals surface area contributed by atoms with Crippen LogP contribution in [0.5, 0.6) is 11.5 Å². The third-order valence-electron chi connectivity index (χ3n) is 5.45. The summed E-state index contributed by atoms with van der Waals surface area (Å²) in [7, 11) is 1.59. The summed E-state index contributed by atoms with van der Waals surface area (Å²) >= 11 is 0. The highest BCUT2D eigenvalue weighted by Crippen LogP contribution is 2.23. The number of carbonyl (C=O) groups excluding carboxylic acids is 1. The molecule has 0 saturated heterocycles. The monoisotopic (exact) mass is 498 g/mol. The van der Waals surface area contributed by atoms with Gasteiger partial charge in [-0.15, -0.1) is 0 Å². The second-order valence-corrected chi connectivity index (χ2v) is 8.08. The van der Waals surface area contributed by atoms with E-state index in [-0.39, 0.29) is 12.3 Å². The fourth-order valence-electron chi connectivity index (χ4n) is 3.69. The van der Waals surface area contributed by atoms with Crippen LogP contribution in [0, 0.1) is 0 Å². The van der Waals surface area contributed by atoms with E-state index >= 15 is 0 Å². The number of H-pyrrole nitrogens is 1. The fraction of sp³-hybridized carbons (Fsp3) is 0.231. The van der Waals surface area contributed by atoms with Gasteiger partial charge in [-0.1, -0.05) is 42.5 Å². The number of benzene rings is 3. The topological polar surface area (TPSA) is 88.3 Å². The summed E-state index contributed by atoms with van der Waals surface area (Å²) in [5, 5.41) is 5.62. The molecule has 0 spiro atoms. The number of urea groups is 1. The van der Waals surface area contributed by atoms with Gasteiger partial charge in [0.15, 0.2) is 6.61 Å². The Labute approximate surface area is 205 Å². The molecule has 0 saturated carbocycles. The van der Waals surface area contributed by atoms with Crippen molar-refractivity contribution in [3.05, 3.63) is 89.7 Å². The third-order valence-corrected chi connectivity index (χ3v) is 5.45. The summed E-state index contributed by atoms with van der Waals surface area (Å²) in [4.78, 5) is 20.7. The van der Waals surface area contributed by atoms with Gasteiger partial charge < -0.3 is 25.1 Å². The van der Waals surface area contributed by atoms with Gasteiger partial charge in [-0.2, -0.15) is 13.2 Å². The van der Waals surface area contributed by atoms with Crippen LogP contribution in [-0.2, 0) is 13.0 Å². The van der Waals surface area contributed by atoms with Crippen LogP contribution in [0.25, 0.3) is 11.0 Å². The van der Waals surface area contributed by atoms with Gasteiger partial charge in [0, 0.05) is 12.1 Å². The highest BCUT2D eigenvalue weighted by molar-refractivity contribution is 5.76. The van der Waals surface area contributed by atoms with Crippen molar-refractivity contribution in [1.29, 1.82) is 0 Å². The number of hydrogen-bond acceptors (Lipinski definition) is 4. The molecular formula is C26H25F3N4O3. The Morgan fingerprint density at radius 1 is 1.03 bits per heavy atom. The molecule has 0 radical (unpaired) electrons. The number of aromatic nitrogens is 2. The number of imidazole rings is 1. The molecule has 188 valence electrons. The van der Waals surface area contributed by atoms with Crippen LogP contribution in [0.2, 0.25) is 0 Å². The minimum absolute atomic E-state index is 0.0186. The molecule has 1 atom stereocenters. The zero-order valence-electron chi connectivity index (χ0n) is 19.4. The molecule has 0 aliphatic rings. The summed E-state index contributed by atoms with van der Waals surface area (Å²) in [5.41, 5.74) is 2.98. The molecule has 0 aliphatic heterocycles. The first-order valence-corrected chi connectivity index (χ1v) is 11.2. The molecule has 0 fully saturated rings. The average Bonchev–Trinajstić information content (AvgIpc) is 3.31. The highest BCUT2D eigenvalue weighted by atomic mass is 19.4. The summed E-state index contributed by atoms with van der Waals surface area (Å²) in [6.45, 7) is -1.43. The maximum atomic E-state index is 12.8. The number of fused-ring (bicyclic) bond motifs is 1. The molecular weight excluding hydrogens is 473 g/mol. The number of rotatable bonds is 9. The number of alkyl halides is 3. The maximum absolute atomic E-state index is 12.8. The molecule has 36 heavy (non-hydrogen) atoms. The average molecular weight is 499 g/mol. The van der Waals surface area contributed by atoms with Gasteiger partial charge in [0.1, 0.15) is 17.3 Å². The Bertz CT molecular complexity index is 1270. The number of nitrogens with zero attached hydrogens (tertiary/aromatic N) is 1. The van der Waals surface area contributed by atoms with E-state index < -0.39 is 24.9 Å². The molecule has 10 heteroatoms. The number of methoxy groups -OCH3 is 1. The first-order chi connectivity index (χ1) is 17.3. The number of halogens is 3. The lowest BCUT2D eigenvalue weighted by molar-refractivity contribution is -0.153. The van der Waals surface area contributed by atoms with Crippen molar-refractivity contribution in [3.8, 4) is 11.5 Å². The smallest absolute Gasteiger partial charge is 0.422 e. The zero-order valence-corrected chi connectivity index (χ0v) is 19.4. The summed E-state index contributed by atoms with van der Waals surface area (Å²) in [5.74, 6) is 1.36. The lowest BCUT2D eigenvalue weighted by atomic mass is 10.1. The zero-order chi connectivity index (χ0) is 25.5. The van der Waals surface area contributed by atoms with Crippen molar-refractivity contribution in [2.24, 2.45) is 0 Å². The van der Waals surface area contributed by atoms with Crippen LogP contribution in [0.4, 0.5) is 18.0 Å². The highest BCUT2D eigenvalue weighted by Gasteiger charge is 2.28. The molecule has 1 heterocycles. The number of aromatic amines is 1. The number of nitrogens with one attached hydrogen (secondary N) is 3. The van der Waals surface area contributed by atoms with Gasteiger partial charge in [-0.3, -0.25) is 0 Å². The van der Waals surface area contributed by atoms with Gasteiger partial charge in [0.25, 0.3) is 0 Å². The molecule has 4 rings (SSSR count). The van der Waals surface area contributed by atoms with Crippen LogP contribution in [0.3, 0.4) is 0 Å². The van der Waals surface area contributed by atoms with Crippen molar-refractivity contribution < 1.29 is 27.4 Å². The lowest BCUT2D eigenvalue weighted by Crippen LogP contribution is -2.39. The molecule has 2 amide bonds. The van der Waals surface area contributed by atoms with Crippen molar-refractivity contribution in [1.82, 2.24) is 20.6 Å². The first-order valence-electron chi connectivity index (χ1n) is 11.2. The van der Waals surface area contributed by atoms with Crippen LogP contribution < -0.4 is 20.1 Å². The molecule has 0 unspecified atom stereocenters. The molecule has 0 bridgehead atoms. The minimum Gasteiger partial charge on any atom is -0.497 e. The van der Waals surface area contributed by atoms with Crippen LogP contribution in [0.1, 0.15) is 23.0 Å². The van der Waals surface area contributed by atoms with Crippen LogP contribution in [0.15, 0.2) is 72.8 Å². The number of amides is 2. The summed E-state index contributed by atoms with van der Waals surface area (Å²) in [6.07, 6.45) is -4.01. The van der Waals surface area contributed by atoms with Gasteiger partial charge >= 0.3 is 12.2 Å². The second kappa shape index (κ2) is 11.0. The quantitative estimate of drug-likeness (QED) is 0.292. The van der Waals surface area contributed by atoms with Crippen molar-refractivity contribution in [3.63, 3.8) is 0 Å². The molecule has 4 aromatic rings. The van der Waals surface area contributed by atoms with Gasteiger partial charge in [0.2, 0.25) is 0 Å². The summed E-state index contributed by atoms with van der Waals surface area (Å²) in [6, 6.07) is 20.3. The van der Waals surface area contributed by atoms with E-state index in [2.05, 4.69) is 20.6 Å². The fourth-order valence-corrected chi connectivity index (χ4v) is 3.69. The third kappa shape index (κ3) is 6.68. The van der Waals surface area contributed by atoms with Gasteiger partial charge in [0.05, 0.1) is 24.2 Å². The standard InChI is InChI=1S/C26H25F3N4O3/c1-35-19-12-10-17(11-13-19)14-22(24-31-20-7-3-4-8-21(20)32-24)33-25(34)30-15-18-6-2-5-9-23(18)36-16-26(27,28)29/h2-13,22H,14-16H2,1H3,(H,31,32)(H2,30,33,34)/t22-/m1/s1. The van der Waals surface area contributed by atoms with Crippen molar-refractivity contribution in [2.75, 3.05) is 13.7 Å². The molecule has 3 aromatic carbocycles. The predicted octanol–water partition coefficient (Wildman–Crippen LogP) is 5.30. The Morgan fingerprint density at radius 2 is 1.75 bits per heavy atom. The Balaban J connectivity index is 1.47. The van der Waals surface area contributed by atoms with E-state index in [4.69, 9.17) is 9.47 Å². The van der Waals surface area contributed by atoms with Crippen LogP contribution >= 0.6 is 0 Å². The lowest BCUT2D eigenvalue weighted by Gasteiger charge is -2.18. The van der Waals surface area contributed by atoms with E-state index in [1.807, 2.05) is 48.5 Å². The first kappa shape index (κ1) is 24.9. The van der Waals surface area contributed by atoms with Gasteiger partial charge in [-0.25, -0.2) is 9.78 Å². The largest absolute Gasteiger partial charge is 0.497 e. The number of carbonyl (C=O) groups is 1. The molecule has 0 aliphatic carbocycles. The predicted molar refractivity (Wildman–Crippen MR) is 129 cm³/mol. The van der Waals surface area contributed by atoms with E-state index in [0.29, 0.717) is 17.8 Å². The summed E-state index contributed by atoms with van der Waals surface area (Å²) < 4.78 is 47.8. The minimum atomic E-state index is -4.46. The Morgan fingerprint density at radius 3 is 2.47 bits per heavy atom. The van der Waals surface area contributed by atoms with Crippen molar-refractivity contribution in [2.45, 2.75) is 25.2 Å². The van der Waals surface area contributed by atoms with Gasteiger partial charge in [-0.05, 0) is 42.3 Å². The molecule has 1 aromatic heterocycles. The van der Waals surface area contributed by atoms with Crippen LogP contribution in [-0.4, -0.2) is 35.9 Å². The second-order valence-electron chi connectivity index (χ2n) is 8.08. The normalized spacial score (nSPS) is 12.2.